The molecule has 0 saturated heterocycles. The van der Waals surface area contributed by atoms with Gasteiger partial charge in [-0.2, -0.15) is 5.26 Å². The van der Waals surface area contributed by atoms with Crippen LogP contribution in [-0.4, -0.2) is 0 Å². The molecule has 0 N–H and O–H groups in total. The fourth-order valence-corrected chi connectivity index (χ4v) is 0.380. The van der Waals surface area contributed by atoms with Crippen LogP contribution in [0.3, 0.4) is 0 Å². The van der Waals surface area contributed by atoms with Crippen LogP contribution in [-0.2, 0) is 0 Å². The van der Waals surface area contributed by atoms with Gasteiger partial charge in [-0.3, -0.25) is 0 Å². The predicted molar refractivity (Wildman–Crippen MR) is 53.2 cm³/mol. The number of hydrogen-bond donors (Lipinski definition) is 0. The van der Waals surface area contributed by atoms with Crippen LogP contribution >= 0.6 is 0 Å². The Morgan fingerprint density at radius 3 is 2.25 bits per heavy atom. The lowest BCUT2D eigenvalue weighted by Gasteiger charge is -1.85. The zero-order valence-electron chi connectivity index (χ0n) is 7.59. The summed E-state index contributed by atoms with van der Waals surface area (Å²) in [6.07, 6.45) is 8.06. The number of hydrogen-bond acceptors (Lipinski definition) is 1. The molecular weight excluding hydrogens is 146 g/mol. The van der Waals surface area contributed by atoms with E-state index in [-0.39, 0.29) is 0 Å². The SMILES string of the molecule is C#C/C(C=C)=C/C(=C)C#N.CC. The molecule has 0 aliphatic heterocycles. The molecule has 0 rings (SSSR count). The molecule has 0 aliphatic carbocycles. The lowest BCUT2D eigenvalue weighted by molar-refractivity contribution is 1.50. The summed E-state index contributed by atoms with van der Waals surface area (Å²) in [5, 5.41) is 8.28. The zero-order valence-corrected chi connectivity index (χ0v) is 7.59. The van der Waals surface area contributed by atoms with Crippen molar-refractivity contribution in [1.82, 2.24) is 0 Å². The third kappa shape index (κ3) is 6.39. The standard InChI is InChI=1S/C9H7N.C2H6/c1-4-9(5-2)6-8(3)7-10;1-2/h1,5-6H,2-3H2;1-2H3/b9-6-;. The minimum Gasteiger partial charge on any atom is -0.192 e. The Labute approximate surface area is 74.7 Å². The molecule has 0 spiro atoms. The Morgan fingerprint density at radius 1 is 1.50 bits per heavy atom. The molecule has 0 heterocycles. The second-order valence-corrected chi connectivity index (χ2v) is 1.59. The molecule has 0 radical (unpaired) electrons. The van der Waals surface area contributed by atoms with Crippen LogP contribution in [0.15, 0.2) is 36.5 Å². The largest absolute Gasteiger partial charge is 0.192 e. The van der Waals surface area contributed by atoms with E-state index in [9.17, 15) is 0 Å². The molecule has 0 atom stereocenters. The van der Waals surface area contributed by atoms with Gasteiger partial charge in [-0.15, -0.1) is 6.42 Å². The van der Waals surface area contributed by atoms with Crippen LogP contribution in [0, 0.1) is 23.7 Å². The smallest absolute Gasteiger partial charge is 0.0985 e. The Kier molecular flexibility index (Phi) is 9.97. The van der Waals surface area contributed by atoms with Gasteiger partial charge in [-0.1, -0.05) is 39.0 Å². The second-order valence-electron chi connectivity index (χ2n) is 1.59. The van der Waals surface area contributed by atoms with Crippen LogP contribution in [0.4, 0.5) is 0 Å². The van der Waals surface area contributed by atoms with E-state index in [1.807, 2.05) is 19.9 Å². The molecule has 0 fully saturated rings. The van der Waals surface area contributed by atoms with E-state index < -0.39 is 0 Å². The molecule has 0 aromatic heterocycles. The quantitative estimate of drug-likeness (QED) is 0.345. The van der Waals surface area contributed by atoms with Crippen LogP contribution in [0.25, 0.3) is 0 Å². The monoisotopic (exact) mass is 159 g/mol. The van der Waals surface area contributed by atoms with Gasteiger partial charge in [0.2, 0.25) is 0 Å². The van der Waals surface area contributed by atoms with E-state index in [4.69, 9.17) is 11.7 Å². The normalized spacial score (nSPS) is 8.17. The lowest BCUT2D eigenvalue weighted by Crippen LogP contribution is -1.72. The van der Waals surface area contributed by atoms with Crippen LogP contribution < -0.4 is 0 Å². The highest BCUT2D eigenvalue weighted by Gasteiger charge is 1.85. The molecule has 0 aromatic carbocycles. The number of rotatable bonds is 2. The van der Waals surface area contributed by atoms with Gasteiger partial charge in [0.25, 0.3) is 0 Å². The number of allylic oxidation sites excluding steroid dienone is 4. The molecule has 0 saturated carbocycles. The van der Waals surface area contributed by atoms with Gasteiger partial charge in [-0.25, -0.2) is 0 Å². The fourth-order valence-electron chi connectivity index (χ4n) is 0.380. The predicted octanol–water partition coefficient (Wildman–Crippen LogP) is 2.84. The second kappa shape index (κ2) is 9.27. The molecule has 0 bridgehead atoms. The summed E-state index contributed by atoms with van der Waals surface area (Å²) in [6.45, 7) is 10.9. The van der Waals surface area contributed by atoms with Crippen molar-refractivity contribution in [1.29, 1.82) is 5.26 Å². The number of nitriles is 1. The first kappa shape index (κ1) is 12.9. The Morgan fingerprint density at radius 2 is 2.00 bits per heavy atom. The Hall–Kier alpha value is -1.73. The summed E-state index contributed by atoms with van der Waals surface area (Å²) < 4.78 is 0. The molecule has 0 amide bonds. The van der Waals surface area contributed by atoms with Crippen molar-refractivity contribution in [3.8, 4) is 18.4 Å². The van der Waals surface area contributed by atoms with Crippen molar-refractivity contribution >= 4 is 0 Å². The Balaban J connectivity index is 0. The summed E-state index contributed by atoms with van der Waals surface area (Å²) in [4.78, 5) is 0. The van der Waals surface area contributed by atoms with Crippen molar-refractivity contribution in [2.75, 3.05) is 0 Å². The highest BCUT2D eigenvalue weighted by molar-refractivity contribution is 5.44. The van der Waals surface area contributed by atoms with Crippen LogP contribution in [0.1, 0.15) is 13.8 Å². The molecule has 0 unspecified atom stereocenters. The first-order chi connectivity index (χ1) is 5.74. The highest BCUT2D eigenvalue weighted by Crippen LogP contribution is 1.98. The summed E-state index contributed by atoms with van der Waals surface area (Å²) in [5.74, 6) is 2.35. The molecule has 62 valence electrons. The molecule has 0 aliphatic rings. The van der Waals surface area contributed by atoms with E-state index >= 15 is 0 Å². The van der Waals surface area contributed by atoms with Gasteiger partial charge in [0.15, 0.2) is 0 Å². The van der Waals surface area contributed by atoms with E-state index in [1.54, 1.807) is 0 Å². The summed E-state index contributed by atoms with van der Waals surface area (Å²) in [6, 6.07) is 1.85. The molecule has 1 heteroatoms. The molecular formula is C11H13N. The zero-order chi connectivity index (χ0) is 9.98. The van der Waals surface area contributed by atoms with Crippen LogP contribution in [0.5, 0.6) is 0 Å². The van der Waals surface area contributed by atoms with Crippen molar-refractivity contribution in [3.05, 3.63) is 36.5 Å². The third-order valence-corrected chi connectivity index (χ3v) is 0.860. The summed E-state index contributed by atoms with van der Waals surface area (Å²) in [7, 11) is 0. The third-order valence-electron chi connectivity index (χ3n) is 0.860. The molecule has 12 heavy (non-hydrogen) atoms. The molecule has 0 aromatic rings. The lowest BCUT2D eigenvalue weighted by atomic mass is 10.2. The van der Waals surface area contributed by atoms with E-state index in [1.165, 1.54) is 12.2 Å². The summed E-state index contributed by atoms with van der Waals surface area (Å²) in [5.41, 5.74) is 0.916. The van der Waals surface area contributed by atoms with Gasteiger partial charge >= 0.3 is 0 Å². The van der Waals surface area contributed by atoms with Gasteiger partial charge in [0.1, 0.15) is 0 Å². The minimum absolute atomic E-state index is 0.341. The van der Waals surface area contributed by atoms with Gasteiger partial charge < -0.3 is 0 Å². The minimum atomic E-state index is 0.341. The average Bonchev–Trinajstić information content (AvgIpc) is 2.16. The number of nitrogens with zero attached hydrogens (tertiary/aromatic N) is 1. The van der Waals surface area contributed by atoms with Crippen molar-refractivity contribution in [2.45, 2.75) is 13.8 Å². The first-order valence-corrected chi connectivity index (χ1v) is 3.64. The maximum Gasteiger partial charge on any atom is 0.0985 e. The van der Waals surface area contributed by atoms with Gasteiger partial charge in [0, 0.05) is 11.1 Å². The van der Waals surface area contributed by atoms with Crippen molar-refractivity contribution in [2.24, 2.45) is 0 Å². The average molecular weight is 159 g/mol. The van der Waals surface area contributed by atoms with Crippen molar-refractivity contribution < 1.29 is 0 Å². The highest BCUT2D eigenvalue weighted by atomic mass is 14.2. The van der Waals surface area contributed by atoms with Gasteiger partial charge in [0.05, 0.1) is 6.07 Å². The maximum absolute atomic E-state index is 8.28. The molecule has 1 nitrogen and oxygen atoms in total. The van der Waals surface area contributed by atoms with Crippen molar-refractivity contribution in [3.63, 3.8) is 0 Å². The number of terminal acetylenes is 1. The van der Waals surface area contributed by atoms with E-state index in [0.717, 1.165) is 0 Å². The topological polar surface area (TPSA) is 23.8 Å². The van der Waals surface area contributed by atoms with E-state index in [0.29, 0.717) is 11.1 Å². The maximum atomic E-state index is 8.28. The van der Waals surface area contributed by atoms with Crippen LogP contribution in [0.2, 0.25) is 0 Å². The van der Waals surface area contributed by atoms with E-state index in [2.05, 4.69) is 19.1 Å². The first-order valence-electron chi connectivity index (χ1n) is 3.64. The van der Waals surface area contributed by atoms with Gasteiger partial charge in [-0.05, 0) is 6.08 Å². The summed E-state index contributed by atoms with van der Waals surface area (Å²) >= 11 is 0. The fraction of sp³-hybridized carbons (Fsp3) is 0.182. The Bertz CT molecular complexity index is 256.